The highest BCUT2D eigenvalue weighted by Gasteiger charge is 2.10. The van der Waals surface area contributed by atoms with Gasteiger partial charge in [-0.2, -0.15) is 0 Å². The van der Waals surface area contributed by atoms with Crippen LogP contribution < -0.4 is 11.1 Å². The molecule has 160 valence electrons. The third kappa shape index (κ3) is 19.5. The van der Waals surface area contributed by atoms with Crippen molar-refractivity contribution in [1.29, 1.82) is 0 Å². The Hall–Kier alpha value is -1.10. The second kappa shape index (κ2) is 19.7. The number of rotatable bonds is 20. The first kappa shape index (κ1) is 25.9. The topological polar surface area (TPSA) is 92.4 Å². The van der Waals surface area contributed by atoms with E-state index in [-0.39, 0.29) is 5.91 Å². The van der Waals surface area contributed by atoms with Crippen LogP contribution in [0.2, 0.25) is 0 Å². The van der Waals surface area contributed by atoms with Gasteiger partial charge in [-0.1, -0.05) is 84.0 Å². The van der Waals surface area contributed by atoms with Crippen molar-refractivity contribution in [3.8, 4) is 0 Å². The van der Waals surface area contributed by atoms with Gasteiger partial charge in [0.25, 0.3) is 0 Å². The van der Waals surface area contributed by atoms with Crippen molar-refractivity contribution in [1.82, 2.24) is 5.32 Å². The van der Waals surface area contributed by atoms with E-state index in [4.69, 9.17) is 10.8 Å². The predicted molar refractivity (Wildman–Crippen MR) is 113 cm³/mol. The van der Waals surface area contributed by atoms with Gasteiger partial charge >= 0.3 is 5.97 Å². The van der Waals surface area contributed by atoms with Gasteiger partial charge in [-0.05, 0) is 25.7 Å². The number of aliphatic carboxylic acids is 1. The highest BCUT2D eigenvalue weighted by molar-refractivity contribution is 5.75. The monoisotopic (exact) mass is 384 g/mol. The molecule has 0 fully saturated rings. The van der Waals surface area contributed by atoms with Crippen LogP contribution in [0.15, 0.2) is 0 Å². The molecule has 0 rings (SSSR count). The van der Waals surface area contributed by atoms with Crippen LogP contribution in [-0.2, 0) is 9.59 Å². The van der Waals surface area contributed by atoms with Crippen LogP contribution in [0.3, 0.4) is 0 Å². The van der Waals surface area contributed by atoms with Gasteiger partial charge in [-0.25, -0.2) is 0 Å². The summed E-state index contributed by atoms with van der Waals surface area (Å²) >= 11 is 0. The fourth-order valence-corrected chi connectivity index (χ4v) is 3.23. The molecular formula is C22H44N2O3. The van der Waals surface area contributed by atoms with Gasteiger partial charge in [-0.15, -0.1) is 0 Å². The minimum Gasteiger partial charge on any atom is -0.480 e. The Morgan fingerprint density at radius 1 is 0.778 bits per heavy atom. The molecular weight excluding hydrogens is 340 g/mol. The Labute approximate surface area is 166 Å². The molecule has 27 heavy (non-hydrogen) atoms. The van der Waals surface area contributed by atoms with E-state index in [0.717, 1.165) is 25.7 Å². The number of amides is 1. The average molecular weight is 385 g/mol. The van der Waals surface area contributed by atoms with E-state index in [1.807, 2.05) is 0 Å². The van der Waals surface area contributed by atoms with Crippen molar-refractivity contribution in [3.05, 3.63) is 0 Å². The fourth-order valence-electron chi connectivity index (χ4n) is 3.23. The molecule has 1 atom stereocenters. The standard InChI is InChI=1S/C22H44N2O3/c1-2-3-4-5-6-7-8-9-10-11-12-13-14-18-21(25)24-19-16-15-17-20(23)22(26)27/h20H,2-19,23H2,1H3,(H,24,25)(H,26,27). The Morgan fingerprint density at radius 2 is 1.26 bits per heavy atom. The molecule has 0 bridgehead atoms. The Morgan fingerprint density at radius 3 is 1.74 bits per heavy atom. The number of nitrogens with one attached hydrogen (secondary N) is 1. The number of carboxylic acids is 1. The Kier molecular flexibility index (Phi) is 18.9. The average Bonchev–Trinajstić information content (AvgIpc) is 2.64. The maximum Gasteiger partial charge on any atom is 0.320 e. The van der Waals surface area contributed by atoms with Crippen LogP contribution in [0.4, 0.5) is 0 Å². The van der Waals surface area contributed by atoms with Crippen molar-refractivity contribution in [2.24, 2.45) is 5.73 Å². The van der Waals surface area contributed by atoms with Crippen LogP contribution >= 0.6 is 0 Å². The predicted octanol–water partition coefficient (Wildman–Crippen LogP) is 5.17. The van der Waals surface area contributed by atoms with Crippen LogP contribution in [0, 0.1) is 0 Å². The zero-order chi connectivity index (χ0) is 20.2. The van der Waals surface area contributed by atoms with E-state index in [2.05, 4.69) is 12.2 Å². The van der Waals surface area contributed by atoms with E-state index in [0.29, 0.717) is 19.4 Å². The van der Waals surface area contributed by atoms with Crippen molar-refractivity contribution in [3.63, 3.8) is 0 Å². The van der Waals surface area contributed by atoms with Gasteiger partial charge < -0.3 is 16.2 Å². The minimum atomic E-state index is -0.957. The molecule has 0 heterocycles. The third-order valence-electron chi connectivity index (χ3n) is 5.09. The van der Waals surface area contributed by atoms with Gasteiger partial charge in [0.05, 0.1) is 0 Å². The molecule has 0 aliphatic heterocycles. The lowest BCUT2D eigenvalue weighted by Gasteiger charge is -2.07. The van der Waals surface area contributed by atoms with E-state index < -0.39 is 12.0 Å². The first-order chi connectivity index (χ1) is 13.1. The summed E-state index contributed by atoms with van der Waals surface area (Å²) in [5.41, 5.74) is 5.43. The summed E-state index contributed by atoms with van der Waals surface area (Å²) in [5.74, 6) is -0.845. The molecule has 5 heteroatoms. The molecule has 0 spiro atoms. The molecule has 0 aliphatic rings. The summed E-state index contributed by atoms with van der Waals surface area (Å²) in [6.45, 7) is 2.88. The summed E-state index contributed by atoms with van der Waals surface area (Å²) < 4.78 is 0. The summed E-state index contributed by atoms with van der Waals surface area (Å²) in [7, 11) is 0. The minimum absolute atomic E-state index is 0.112. The molecule has 5 nitrogen and oxygen atoms in total. The van der Waals surface area contributed by atoms with Crippen molar-refractivity contribution >= 4 is 11.9 Å². The third-order valence-corrected chi connectivity index (χ3v) is 5.09. The summed E-state index contributed by atoms with van der Waals surface area (Å²) in [6.07, 6.45) is 19.6. The number of nitrogens with two attached hydrogens (primary N) is 1. The molecule has 4 N–H and O–H groups in total. The van der Waals surface area contributed by atoms with Crippen LogP contribution in [0.5, 0.6) is 0 Å². The molecule has 0 aliphatic carbocycles. The number of carbonyl (C=O) groups excluding carboxylic acids is 1. The molecule has 1 unspecified atom stereocenters. The second-order valence-corrected chi connectivity index (χ2v) is 7.78. The first-order valence-corrected chi connectivity index (χ1v) is 11.3. The van der Waals surface area contributed by atoms with Gasteiger partial charge in [0.1, 0.15) is 6.04 Å². The summed E-state index contributed by atoms with van der Waals surface area (Å²) in [4.78, 5) is 22.3. The Bertz CT molecular complexity index is 361. The molecule has 1 amide bonds. The van der Waals surface area contributed by atoms with Crippen molar-refractivity contribution in [2.45, 2.75) is 122 Å². The number of hydrogen-bond donors (Lipinski definition) is 3. The molecule has 0 saturated carbocycles. The van der Waals surface area contributed by atoms with Gasteiger partial charge in [0.2, 0.25) is 5.91 Å². The molecule has 0 aromatic heterocycles. The van der Waals surface area contributed by atoms with E-state index in [9.17, 15) is 9.59 Å². The van der Waals surface area contributed by atoms with Gasteiger partial charge in [0.15, 0.2) is 0 Å². The van der Waals surface area contributed by atoms with Gasteiger partial charge in [0, 0.05) is 13.0 Å². The van der Waals surface area contributed by atoms with Gasteiger partial charge in [-0.3, -0.25) is 9.59 Å². The Balaban J connectivity index is 3.22. The first-order valence-electron chi connectivity index (χ1n) is 11.3. The maximum atomic E-state index is 11.7. The van der Waals surface area contributed by atoms with Crippen LogP contribution in [0.25, 0.3) is 0 Å². The normalized spacial score (nSPS) is 12.1. The highest BCUT2D eigenvalue weighted by Crippen LogP contribution is 2.12. The fraction of sp³-hybridized carbons (Fsp3) is 0.909. The SMILES string of the molecule is CCCCCCCCCCCCCCCC(=O)NCCCCC(N)C(=O)O. The number of unbranched alkanes of at least 4 members (excludes halogenated alkanes) is 13. The quantitative estimate of drug-likeness (QED) is 0.253. The molecule has 0 aromatic carbocycles. The molecule has 0 radical (unpaired) electrons. The van der Waals surface area contributed by atoms with E-state index in [1.54, 1.807) is 0 Å². The summed E-state index contributed by atoms with van der Waals surface area (Å²) in [6, 6.07) is -0.786. The lowest BCUT2D eigenvalue weighted by Crippen LogP contribution is -2.30. The number of carboxylic acid groups (broad SMARTS) is 1. The van der Waals surface area contributed by atoms with E-state index in [1.165, 1.54) is 70.6 Å². The lowest BCUT2D eigenvalue weighted by atomic mass is 10.0. The smallest absolute Gasteiger partial charge is 0.320 e. The second-order valence-electron chi connectivity index (χ2n) is 7.78. The molecule has 0 aromatic rings. The summed E-state index contributed by atoms with van der Waals surface area (Å²) in [5, 5.41) is 11.6. The number of hydrogen-bond acceptors (Lipinski definition) is 3. The van der Waals surface area contributed by atoms with Crippen molar-refractivity contribution < 1.29 is 14.7 Å². The van der Waals surface area contributed by atoms with Crippen LogP contribution in [-0.4, -0.2) is 29.6 Å². The largest absolute Gasteiger partial charge is 0.480 e. The number of carbonyl (C=O) groups is 2. The molecule has 0 saturated heterocycles. The van der Waals surface area contributed by atoms with Crippen LogP contribution in [0.1, 0.15) is 116 Å². The van der Waals surface area contributed by atoms with Crippen molar-refractivity contribution in [2.75, 3.05) is 6.54 Å². The van der Waals surface area contributed by atoms with E-state index >= 15 is 0 Å². The zero-order valence-electron chi connectivity index (χ0n) is 17.6. The highest BCUT2D eigenvalue weighted by atomic mass is 16.4. The maximum absolute atomic E-state index is 11.7. The zero-order valence-corrected chi connectivity index (χ0v) is 17.6. The lowest BCUT2D eigenvalue weighted by molar-refractivity contribution is -0.138.